The van der Waals surface area contributed by atoms with Crippen LogP contribution in [0.5, 0.6) is 0 Å². The van der Waals surface area contributed by atoms with E-state index in [1.807, 2.05) is 19.2 Å². The Morgan fingerprint density at radius 1 is 1.50 bits per heavy atom. The molecule has 1 atom stereocenters. The molecule has 0 amide bonds. The molecule has 18 heavy (non-hydrogen) atoms. The molecule has 1 aromatic rings. The summed E-state index contributed by atoms with van der Waals surface area (Å²) in [5, 5.41) is 8.72. The van der Waals surface area contributed by atoms with E-state index in [4.69, 9.17) is 5.26 Å². The maximum atomic E-state index is 13.6. The Hall–Kier alpha value is -1.60. The zero-order valence-corrected chi connectivity index (χ0v) is 10.9. The molecule has 1 fully saturated rings. The summed E-state index contributed by atoms with van der Waals surface area (Å²) in [6.45, 7) is 2.13. The van der Waals surface area contributed by atoms with Crippen molar-refractivity contribution >= 4 is 5.69 Å². The second kappa shape index (κ2) is 5.36. The van der Waals surface area contributed by atoms with Crippen LogP contribution in [0.3, 0.4) is 0 Å². The molecule has 1 aliphatic rings. The number of hydrogen-bond acceptors (Lipinski definition) is 3. The van der Waals surface area contributed by atoms with Gasteiger partial charge in [0.2, 0.25) is 0 Å². The Bertz CT molecular complexity index is 467. The third kappa shape index (κ3) is 2.62. The van der Waals surface area contributed by atoms with Crippen LogP contribution in [0.2, 0.25) is 0 Å². The van der Waals surface area contributed by atoms with Crippen molar-refractivity contribution in [1.29, 1.82) is 5.26 Å². The predicted molar refractivity (Wildman–Crippen MR) is 70.0 cm³/mol. The molecule has 2 rings (SSSR count). The zero-order chi connectivity index (χ0) is 13.1. The summed E-state index contributed by atoms with van der Waals surface area (Å²) < 4.78 is 13.6. The molecule has 1 heterocycles. The van der Waals surface area contributed by atoms with Gasteiger partial charge in [0.1, 0.15) is 11.9 Å². The van der Waals surface area contributed by atoms with Crippen molar-refractivity contribution in [3.8, 4) is 6.07 Å². The fourth-order valence-corrected chi connectivity index (χ4v) is 2.48. The molecule has 0 bridgehead atoms. The lowest BCUT2D eigenvalue weighted by atomic mass is 10.0. The van der Waals surface area contributed by atoms with Crippen LogP contribution in [-0.2, 0) is 0 Å². The van der Waals surface area contributed by atoms with Gasteiger partial charge in [0, 0.05) is 25.3 Å². The van der Waals surface area contributed by atoms with Gasteiger partial charge in [-0.25, -0.2) is 4.39 Å². The first-order valence-corrected chi connectivity index (χ1v) is 6.23. The van der Waals surface area contributed by atoms with Crippen LogP contribution in [0.25, 0.3) is 0 Å². The molecular weight excluding hydrogens is 229 g/mol. The highest BCUT2D eigenvalue weighted by Crippen LogP contribution is 2.22. The summed E-state index contributed by atoms with van der Waals surface area (Å²) in [7, 11) is 4.10. The van der Waals surface area contributed by atoms with E-state index in [1.54, 1.807) is 6.07 Å². The molecule has 0 aliphatic carbocycles. The van der Waals surface area contributed by atoms with E-state index in [-0.39, 0.29) is 5.56 Å². The molecule has 0 N–H and O–H groups in total. The number of piperidine rings is 1. The van der Waals surface area contributed by atoms with E-state index in [1.165, 1.54) is 12.5 Å². The monoisotopic (exact) mass is 247 g/mol. The standard InChI is InChI=1S/C14H18FN3/c1-17-7-3-4-13(10-17)18(2)12-6-5-11(9-16)14(15)8-12/h5-6,8,13H,3-4,7,10H2,1-2H3. The van der Waals surface area contributed by atoms with Gasteiger partial charge in [-0.15, -0.1) is 0 Å². The van der Waals surface area contributed by atoms with Gasteiger partial charge >= 0.3 is 0 Å². The molecule has 4 heteroatoms. The molecule has 0 saturated carbocycles. The van der Waals surface area contributed by atoms with Gasteiger partial charge in [-0.1, -0.05) is 0 Å². The Morgan fingerprint density at radius 2 is 2.28 bits per heavy atom. The highest BCUT2D eigenvalue weighted by molar-refractivity contribution is 5.50. The molecular formula is C14H18FN3. The van der Waals surface area contributed by atoms with Gasteiger partial charge in [0.25, 0.3) is 0 Å². The van der Waals surface area contributed by atoms with Crippen LogP contribution >= 0.6 is 0 Å². The molecule has 1 saturated heterocycles. The Morgan fingerprint density at radius 3 is 2.89 bits per heavy atom. The van der Waals surface area contributed by atoms with E-state index < -0.39 is 5.82 Å². The van der Waals surface area contributed by atoms with E-state index in [9.17, 15) is 4.39 Å². The van der Waals surface area contributed by atoms with Crippen LogP contribution in [0.15, 0.2) is 18.2 Å². The number of hydrogen-bond donors (Lipinski definition) is 0. The maximum absolute atomic E-state index is 13.6. The molecule has 0 radical (unpaired) electrons. The Balaban J connectivity index is 2.15. The molecule has 1 aliphatic heterocycles. The van der Waals surface area contributed by atoms with Gasteiger partial charge in [-0.3, -0.25) is 0 Å². The van der Waals surface area contributed by atoms with Crippen molar-refractivity contribution < 1.29 is 4.39 Å². The van der Waals surface area contributed by atoms with Gasteiger partial charge in [-0.2, -0.15) is 5.26 Å². The predicted octanol–water partition coefficient (Wildman–Crippen LogP) is 2.23. The third-order valence-electron chi connectivity index (χ3n) is 3.63. The number of rotatable bonds is 2. The summed E-state index contributed by atoms with van der Waals surface area (Å²) in [4.78, 5) is 4.41. The first-order valence-electron chi connectivity index (χ1n) is 6.23. The number of nitrogens with zero attached hydrogens (tertiary/aromatic N) is 3. The number of likely N-dealkylation sites (tertiary alicyclic amines) is 1. The zero-order valence-electron chi connectivity index (χ0n) is 10.9. The summed E-state index contributed by atoms with van der Waals surface area (Å²) in [6.07, 6.45) is 2.30. The fourth-order valence-electron chi connectivity index (χ4n) is 2.48. The largest absolute Gasteiger partial charge is 0.370 e. The van der Waals surface area contributed by atoms with Crippen molar-refractivity contribution in [2.75, 3.05) is 32.1 Å². The minimum absolute atomic E-state index is 0.105. The van der Waals surface area contributed by atoms with Crippen molar-refractivity contribution in [2.45, 2.75) is 18.9 Å². The lowest BCUT2D eigenvalue weighted by molar-refractivity contribution is 0.248. The highest BCUT2D eigenvalue weighted by atomic mass is 19.1. The Labute approximate surface area is 107 Å². The van der Waals surface area contributed by atoms with E-state index in [0.29, 0.717) is 6.04 Å². The minimum atomic E-state index is -0.439. The van der Waals surface area contributed by atoms with Gasteiger partial charge < -0.3 is 9.80 Å². The van der Waals surface area contributed by atoms with Gasteiger partial charge in [-0.05, 0) is 44.6 Å². The van der Waals surface area contributed by atoms with Crippen LogP contribution in [0.1, 0.15) is 18.4 Å². The first-order chi connectivity index (χ1) is 8.61. The number of benzene rings is 1. The maximum Gasteiger partial charge on any atom is 0.143 e. The SMILES string of the molecule is CN1CCCC(N(C)c2ccc(C#N)c(F)c2)C1. The van der Waals surface area contributed by atoms with Gasteiger partial charge in [0.05, 0.1) is 5.56 Å². The lowest BCUT2D eigenvalue weighted by Crippen LogP contribution is -2.45. The van der Waals surface area contributed by atoms with Crippen LogP contribution in [0.4, 0.5) is 10.1 Å². The summed E-state index contributed by atoms with van der Waals surface area (Å²) in [5.74, 6) is -0.439. The molecule has 0 aromatic heterocycles. The topological polar surface area (TPSA) is 30.3 Å². The van der Waals surface area contributed by atoms with Gasteiger partial charge in [0.15, 0.2) is 0 Å². The lowest BCUT2D eigenvalue weighted by Gasteiger charge is -2.37. The van der Waals surface area contributed by atoms with Crippen LogP contribution in [-0.4, -0.2) is 38.1 Å². The number of anilines is 1. The summed E-state index contributed by atoms with van der Waals surface area (Å²) in [5.41, 5.74) is 0.944. The van der Waals surface area contributed by atoms with Crippen molar-refractivity contribution in [2.24, 2.45) is 0 Å². The highest BCUT2D eigenvalue weighted by Gasteiger charge is 2.21. The molecule has 1 unspecified atom stereocenters. The quantitative estimate of drug-likeness (QED) is 0.803. The number of nitriles is 1. The third-order valence-corrected chi connectivity index (χ3v) is 3.63. The van der Waals surface area contributed by atoms with E-state index >= 15 is 0 Å². The Kier molecular flexibility index (Phi) is 3.83. The number of likely N-dealkylation sites (N-methyl/N-ethyl adjacent to an activating group) is 2. The summed E-state index contributed by atoms with van der Waals surface area (Å²) >= 11 is 0. The molecule has 96 valence electrons. The normalized spacial score (nSPS) is 20.4. The summed E-state index contributed by atoms with van der Waals surface area (Å²) in [6, 6.07) is 7.08. The van der Waals surface area contributed by atoms with Crippen molar-refractivity contribution in [3.05, 3.63) is 29.6 Å². The first kappa shape index (κ1) is 12.8. The second-order valence-corrected chi connectivity index (χ2v) is 4.95. The molecule has 1 aromatic carbocycles. The fraction of sp³-hybridized carbons (Fsp3) is 0.500. The smallest absolute Gasteiger partial charge is 0.143 e. The van der Waals surface area contributed by atoms with Crippen LogP contribution in [0, 0.1) is 17.1 Å². The van der Waals surface area contributed by atoms with Crippen LogP contribution < -0.4 is 4.90 Å². The van der Waals surface area contributed by atoms with Crippen molar-refractivity contribution in [3.63, 3.8) is 0 Å². The number of halogens is 1. The molecule has 3 nitrogen and oxygen atoms in total. The average Bonchev–Trinajstić information content (AvgIpc) is 2.37. The van der Waals surface area contributed by atoms with Crippen molar-refractivity contribution in [1.82, 2.24) is 4.90 Å². The average molecular weight is 247 g/mol. The minimum Gasteiger partial charge on any atom is -0.370 e. The van der Waals surface area contributed by atoms with E-state index in [2.05, 4.69) is 16.8 Å². The second-order valence-electron chi connectivity index (χ2n) is 4.95. The molecule has 0 spiro atoms. The van der Waals surface area contributed by atoms with E-state index in [0.717, 1.165) is 25.2 Å².